The second kappa shape index (κ2) is 10.5. The van der Waals surface area contributed by atoms with Crippen molar-refractivity contribution in [3.05, 3.63) is 59.3 Å². The van der Waals surface area contributed by atoms with Crippen molar-refractivity contribution in [1.82, 2.24) is 19.9 Å². The van der Waals surface area contributed by atoms with E-state index >= 15 is 0 Å². The summed E-state index contributed by atoms with van der Waals surface area (Å²) < 4.78 is 5.35. The van der Waals surface area contributed by atoms with E-state index in [1.54, 1.807) is 23.5 Å². The predicted molar refractivity (Wildman–Crippen MR) is 119 cm³/mol. The number of piperazine rings is 1. The fourth-order valence-electron chi connectivity index (χ4n) is 3.68. The van der Waals surface area contributed by atoms with Crippen molar-refractivity contribution < 1.29 is 14.1 Å². The smallest absolute Gasteiger partial charge is 0.227 e. The quantitative estimate of drug-likeness (QED) is 0.476. The number of carbonyl (C=O) groups excluding carboxylic acids is 2. The van der Waals surface area contributed by atoms with Gasteiger partial charge < -0.3 is 9.42 Å². The molecule has 1 aliphatic heterocycles. The molecule has 0 atom stereocenters. The second-order valence-electron chi connectivity index (χ2n) is 7.60. The number of nitrogens with zero attached hydrogens (tertiary/aromatic N) is 4. The lowest BCUT2D eigenvalue weighted by molar-refractivity contribution is -0.132. The fourth-order valence-corrected chi connectivity index (χ4v) is 4.33. The molecule has 7 nitrogen and oxygen atoms in total. The molecule has 1 aliphatic rings. The number of ketones is 1. The minimum absolute atomic E-state index is 0.0239. The Morgan fingerprint density at radius 3 is 2.55 bits per heavy atom. The summed E-state index contributed by atoms with van der Waals surface area (Å²) in [5, 5.41) is 6.04. The first-order chi connectivity index (χ1) is 15.2. The SMILES string of the molecule is O=C(CCC(=O)N1CCN(CCCc2nc(-c3cccs3)no2)CC1)c1ccccc1. The highest BCUT2D eigenvalue weighted by Crippen LogP contribution is 2.21. The molecule has 1 aromatic carbocycles. The number of aromatic nitrogens is 2. The van der Waals surface area contributed by atoms with Crippen LogP contribution in [0.3, 0.4) is 0 Å². The highest BCUT2D eigenvalue weighted by molar-refractivity contribution is 7.13. The zero-order valence-electron chi connectivity index (χ0n) is 17.4. The summed E-state index contributed by atoms with van der Waals surface area (Å²) in [7, 11) is 0. The third-order valence-electron chi connectivity index (χ3n) is 5.46. The highest BCUT2D eigenvalue weighted by atomic mass is 32.1. The molecule has 0 saturated carbocycles. The van der Waals surface area contributed by atoms with E-state index in [1.807, 2.05) is 40.6 Å². The summed E-state index contributed by atoms with van der Waals surface area (Å²) in [4.78, 5) is 34.4. The molecule has 3 heterocycles. The molecule has 1 saturated heterocycles. The van der Waals surface area contributed by atoms with Crippen LogP contribution in [0.1, 0.15) is 35.5 Å². The lowest BCUT2D eigenvalue weighted by Crippen LogP contribution is -2.48. The van der Waals surface area contributed by atoms with Crippen LogP contribution < -0.4 is 0 Å². The van der Waals surface area contributed by atoms with E-state index in [0.29, 0.717) is 30.4 Å². The number of hydrogen-bond donors (Lipinski definition) is 0. The molecule has 162 valence electrons. The molecule has 0 unspecified atom stereocenters. The van der Waals surface area contributed by atoms with E-state index in [2.05, 4.69) is 15.0 Å². The number of carbonyl (C=O) groups is 2. The largest absolute Gasteiger partial charge is 0.340 e. The lowest BCUT2D eigenvalue weighted by atomic mass is 10.1. The first-order valence-electron chi connectivity index (χ1n) is 10.6. The van der Waals surface area contributed by atoms with E-state index < -0.39 is 0 Å². The number of rotatable bonds is 9. The predicted octanol–water partition coefficient (Wildman–Crippen LogP) is 3.54. The van der Waals surface area contributed by atoms with Gasteiger partial charge in [0.1, 0.15) is 0 Å². The minimum atomic E-state index is 0.0239. The Bertz CT molecular complexity index is 979. The Kier molecular flexibility index (Phi) is 7.22. The molecule has 0 spiro atoms. The Morgan fingerprint density at radius 2 is 1.81 bits per heavy atom. The van der Waals surface area contributed by atoms with Gasteiger partial charge >= 0.3 is 0 Å². The zero-order valence-corrected chi connectivity index (χ0v) is 18.2. The Labute approximate surface area is 185 Å². The maximum Gasteiger partial charge on any atom is 0.227 e. The van der Waals surface area contributed by atoms with E-state index in [0.717, 1.165) is 37.4 Å². The van der Waals surface area contributed by atoms with Gasteiger partial charge in [-0.15, -0.1) is 11.3 Å². The first-order valence-corrected chi connectivity index (χ1v) is 11.5. The standard InChI is InChI=1S/C23H26N4O3S/c28-19(18-6-2-1-3-7-18)10-11-22(29)27-15-13-26(14-16-27)12-4-9-21-24-23(25-30-21)20-8-5-17-31-20/h1-3,5-8,17H,4,9-16H2. The second-order valence-corrected chi connectivity index (χ2v) is 8.55. The number of amides is 1. The normalized spacial score (nSPS) is 14.6. The van der Waals surface area contributed by atoms with Gasteiger partial charge in [0.2, 0.25) is 17.6 Å². The fraction of sp³-hybridized carbons (Fsp3) is 0.391. The maximum absolute atomic E-state index is 12.5. The molecular weight excluding hydrogens is 412 g/mol. The minimum Gasteiger partial charge on any atom is -0.340 e. The molecule has 31 heavy (non-hydrogen) atoms. The number of aryl methyl sites for hydroxylation is 1. The van der Waals surface area contributed by atoms with Gasteiger partial charge in [0.15, 0.2) is 5.78 Å². The van der Waals surface area contributed by atoms with Crippen molar-refractivity contribution in [3.8, 4) is 10.7 Å². The molecule has 1 amide bonds. The summed E-state index contributed by atoms with van der Waals surface area (Å²) in [6, 6.07) is 13.1. The maximum atomic E-state index is 12.5. The van der Waals surface area contributed by atoms with E-state index in [-0.39, 0.29) is 24.5 Å². The molecule has 0 bridgehead atoms. The summed E-state index contributed by atoms with van der Waals surface area (Å²) in [5.41, 5.74) is 0.670. The molecule has 0 aliphatic carbocycles. The molecule has 3 aromatic rings. The summed E-state index contributed by atoms with van der Waals surface area (Å²) in [5.74, 6) is 1.41. The average molecular weight is 439 g/mol. The number of thiophene rings is 1. The van der Waals surface area contributed by atoms with Crippen molar-refractivity contribution in [2.45, 2.75) is 25.7 Å². The van der Waals surface area contributed by atoms with Crippen LogP contribution in [0.2, 0.25) is 0 Å². The molecule has 4 rings (SSSR count). The van der Waals surface area contributed by atoms with Gasteiger partial charge in [0, 0.05) is 51.0 Å². The van der Waals surface area contributed by atoms with Crippen molar-refractivity contribution in [2.75, 3.05) is 32.7 Å². The first kappa shape index (κ1) is 21.4. The molecule has 2 aromatic heterocycles. The van der Waals surface area contributed by atoms with Crippen LogP contribution in [0.25, 0.3) is 10.7 Å². The monoisotopic (exact) mass is 438 g/mol. The summed E-state index contributed by atoms with van der Waals surface area (Å²) in [6.45, 7) is 4.05. The Balaban J connectivity index is 1.14. The van der Waals surface area contributed by atoms with Crippen molar-refractivity contribution >= 4 is 23.0 Å². The molecule has 0 N–H and O–H groups in total. The third kappa shape index (κ3) is 5.86. The van der Waals surface area contributed by atoms with Gasteiger partial charge in [-0.05, 0) is 24.4 Å². The van der Waals surface area contributed by atoms with Gasteiger partial charge in [-0.25, -0.2) is 0 Å². The Morgan fingerprint density at radius 1 is 1.00 bits per heavy atom. The van der Waals surface area contributed by atoms with Crippen LogP contribution in [0.4, 0.5) is 0 Å². The Hall–Kier alpha value is -2.84. The van der Waals surface area contributed by atoms with Crippen molar-refractivity contribution in [2.24, 2.45) is 0 Å². The van der Waals surface area contributed by atoms with Gasteiger partial charge in [0.25, 0.3) is 0 Å². The lowest BCUT2D eigenvalue weighted by Gasteiger charge is -2.34. The molecule has 0 radical (unpaired) electrons. The van der Waals surface area contributed by atoms with Crippen LogP contribution in [0, 0.1) is 0 Å². The van der Waals surface area contributed by atoms with Gasteiger partial charge in [0.05, 0.1) is 4.88 Å². The van der Waals surface area contributed by atoms with E-state index in [1.165, 1.54) is 0 Å². The van der Waals surface area contributed by atoms with Gasteiger partial charge in [-0.2, -0.15) is 4.98 Å². The summed E-state index contributed by atoms with van der Waals surface area (Å²) in [6.07, 6.45) is 2.23. The highest BCUT2D eigenvalue weighted by Gasteiger charge is 2.21. The van der Waals surface area contributed by atoms with Crippen molar-refractivity contribution in [3.63, 3.8) is 0 Å². The van der Waals surface area contributed by atoms with Crippen LogP contribution in [-0.2, 0) is 11.2 Å². The number of hydrogen-bond acceptors (Lipinski definition) is 7. The molecular formula is C23H26N4O3S. The number of Topliss-reactive ketones (excluding diaryl/α,β-unsaturated/α-hetero) is 1. The van der Waals surface area contributed by atoms with Crippen LogP contribution >= 0.6 is 11.3 Å². The number of benzene rings is 1. The van der Waals surface area contributed by atoms with Crippen molar-refractivity contribution in [1.29, 1.82) is 0 Å². The van der Waals surface area contributed by atoms with Crippen LogP contribution in [-0.4, -0.2) is 64.4 Å². The third-order valence-corrected chi connectivity index (χ3v) is 6.33. The summed E-state index contributed by atoms with van der Waals surface area (Å²) >= 11 is 1.60. The van der Waals surface area contributed by atoms with Gasteiger partial charge in [-0.1, -0.05) is 41.6 Å². The topological polar surface area (TPSA) is 79.5 Å². The van der Waals surface area contributed by atoms with Crippen LogP contribution in [0.5, 0.6) is 0 Å². The van der Waals surface area contributed by atoms with E-state index in [4.69, 9.17) is 4.52 Å². The molecule has 8 heteroatoms. The van der Waals surface area contributed by atoms with Gasteiger partial charge in [-0.3, -0.25) is 14.5 Å². The average Bonchev–Trinajstić information content (AvgIpc) is 3.50. The van der Waals surface area contributed by atoms with E-state index in [9.17, 15) is 9.59 Å². The molecule has 1 fully saturated rings. The zero-order chi connectivity index (χ0) is 21.5. The van der Waals surface area contributed by atoms with Crippen LogP contribution in [0.15, 0.2) is 52.4 Å².